The van der Waals surface area contributed by atoms with E-state index in [2.05, 4.69) is 39.5 Å². The topological polar surface area (TPSA) is 77.8 Å². The average Bonchev–Trinajstić information content (AvgIpc) is 3.65. The number of carbonyl (C=O) groups is 1. The molecule has 7 atom stereocenters. The van der Waals surface area contributed by atoms with Crippen molar-refractivity contribution in [1.29, 1.82) is 0 Å². The van der Waals surface area contributed by atoms with Gasteiger partial charge in [0, 0.05) is 18.3 Å². The summed E-state index contributed by atoms with van der Waals surface area (Å²) < 4.78 is 0. The number of carbonyl (C=O) groups excluding carboxylic acids is 1. The molecule has 0 saturated heterocycles. The van der Waals surface area contributed by atoms with E-state index in [1.165, 1.54) is 56.9 Å². The van der Waals surface area contributed by atoms with Crippen LogP contribution in [-0.2, 0) is 4.79 Å². The van der Waals surface area contributed by atoms with Gasteiger partial charge in [-0.2, -0.15) is 0 Å². The summed E-state index contributed by atoms with van der Waals surface area (Å²) >= 11 is 0. The summed E-state index contributed by atoms with van der Waals surface area (Å²) in [6.45, 7) is 11.1. The fourth-order valence-electron chi connectivity index (χ4n) is 8.94. The minimum absolute atomic E-state index is 0.0515. The molecule has 0 aromatic rings. The van der Waals surface area contributed by atoms with E-state index in [1.807, 2.05) is 0 Å². The van der Waals surface area contributed by atoms with E-state index in [0.717, 1.165) is 68.9 Å². The fourth-order valence-corrected chi connectivity index (χ4v) is 8.94. The Hall–Kier alpha value is -1.23. The minimum Gasteiger partial charge on any atom is -0.393 e. The van der Waals surface area contributed by atoms with E-state index in [-0.39, 0.29) is 22.9 Å². The molecule has 4 aliphatic carbocycles. The summed E-state index contributed by atoms with van der Waals surface area (Å²) in [5.74, 6) is 1.81. The first-order valence-electron chi connectivity index (χ1n) is 17.3. The Labute approximate surface area is 250 Å². The lowest BCUT2D eigenvalue weighted by molar-refractivity contribution is -0.124. The molecule has 4 fully saturated rings. The SMILES string of the molecule is C=C1/C(=C\C=C2/CCC[C@]3(C)[C@@H]([C@H](C)[C@H](O)CCCC4(C(=O)CCCCCCCC)CC4)CC[C@@H]23)C[C@@H](O)C[C@@H]1O. The zero-order valence-electron chi connectivity index (χ0n) is 26.5. The van der Waals surface area contributed by atoms with Gasteiger partial charge in [-0.15, -0.1) is 0 Å². The second kappa shape index (κ2) is 14.5. The predicted octanol–water partition coefficient (Wildman–Crippen LogP) is 8.39. The molecule has 0 heterocycles. The van der Waals surface area contributed by atoms with Crippen LogP contribution in [0.4, 0.5) is 0 Å². The highest BCUT2D eigenvalue weighted by Crippen LogP contribution is 2.60. The van der Waals surface area contributed by atoms with Gasteiger partial charge in [-0.05, 0) is 111 Å². The Morgan fingerprint density at radius 2 is 1.78 bits per heavy atom. The molecule has 4 aliphatic rings. The van der Waals surface area contributed by atoms with Gasteiger partial charge in [-0.1, -0.05) is 77.2 Å². The molecule has 232 valence electrons. The summed E-state index contributed by atoms with van der Waals surface area (Å²) in [6.07, 6.45) is 22.7. The van der Waals surface area contributed by atoms with Gasteiger partial charge in [0.25, 0.3) is 0 Å². The Bertz CT molecular complexity index is 958. The fraction of sp³-hybridized carbons (Fsp3) is 0.811. The van der Waals surface area contributed by atoms with Crippen molar-refractivity contribution >= 4 is 5.78 Å². The number of fused-ring (bicyclic) bond motifs is 1. The van der Waals surface area contributed by atoms with Gasteiger partial charge in [-0.25, -0.2) is 0 Å². The third kappa shape index (κ3) is 7.84. The molecule has 41 heavy (non-hydrogen) atoms. The van der Waals surface area contributed by atoms with Crippen LogP contribution in [0.3, 0.4) is 0 Å². The number of aliphatic hydroxyl groups is 3. The number of rotatable bonds is 15. The molecule has 0 amide bonds. The Balaban J connectivity index is 1.27. The number of unbranched alkanes of at least 4 members (excludes halogenated alkanes) is 5. The maximum atomic E-state index is 13.0. The predicted molar refractivity (Wildman–Crippen MR) is 168 cm³/mol. The van der Waals surface area contributed by atoms with E-state index in [4.69, 9.17) is 0 Å². The van der Waals surface area contributed by atoms with Crippen LogP contribution < -0.4 is 0 Å². The van der Waals surface area contributed by atoms with Crippen LogP contribution in [0, 0.1) is 28.6 Å². The van der Waals surface area contributed by atoms with Crippen LogP contribution in [0.2, 0.25) is 0 Å². The van der Waals surface area contributed by atoms with Crippen molar-refractivity contribution in [3.05, 3.63) is 35.5 Å². The molecule has 4 saturated carbocycles. The number of ketones is 1. The van der Waals surface area contributed by atoms with Gasteiger partial charge in [-0.3, -0.25) is 4.79 Å². The summed E-state index contributed by atoms with van der Waals surface area (Å²) in [4.78, 5) is 13.0. The molecule has 0 spiro atoms. The lowest BCUT2D eigenvalue weighted by Gasteiger charge is -2.45. The number of aliphatic hydroxyl groups excluding tert-OH is 3. The molecular weight excluding hydrogens is 508 g/mol. The van der Waals surface area contributed by atoms with Crippen molar-refractivity contribution in [2.24, 2.45) is 28.6 Å². The Morgan fingerprint density at radius 3 is 2.51 bits per heavy atom. The molecular formula is C37H60O4. The molecule has 4 rings (SSSR count). The third-order valence-corrected chi connectivity index (χ3v) is 11.9. The van der Waals surface area contributed by atoms with Gasteiger partial charge >= 0.3 is 0 Å². The van der Waals surface area contributed by atoms with Crippen molar-refractivity contribution < 1.29 is 20.1 Å². The standard InChI is InChI=1S/C37H60O4/c1-5-6-7-8-9-10-15-35(41)37(22-23-37)21-12-14-33(39)27(3)31-18-19-32-28(13-11-20-36(31,32)4)16-17-29-24-30(38)25-34(40)26(29)2/h16-17,27,30-34,38-40H,2,5-15,18-25H2,1,3-4H3/b28-16+,29-17-/t27-,30+,31+,32-,33+,34-,36+/m0/s1. The molecule has 0 aromatic heterocycles. The second-order valence-corrected chi connectivity index (χ2v) is 14.7. The summed E-state index contributed by atoms with van der Waals surface area (Å²) in [5.41, 5.74) is 3.38. The van der Waals surface area contributed by atoms with Gasteiger partial charge in [0.1, 0.15) is 5.78 Å². The van der Waals surface area contributed by atoms with Gasteiger partial charge < -0.3 is 15.3 Å². The molecule has 0 aromatic carbocycles. The summed E-state index contributed by atoms with van der Waals surface area (Å²) in [6, 6.07) is 0. The third-order valence-electron chi connectivity index (χ3n) is 11.9. The average molecular weight is 569 g/mol. The lowest BCUT2D eigenvalue weighted by atomic mass is 9.60. The monoisotopic (exact) mass is 568 g/mol. The normalized spacial score (nSPS) is 34.5. The van der Waals surface area contributed by atoms with Crippen molar-refractivity contribution in [3.63, 3.8) is 0 Å². The van der Waals surface area contributed by atoms with Crippen LogP contribution in [-0.4, -0.2) is 39.4 Å². The minimum atomic E-state index is -0.647. The van der Waals surface area contributed by atoms with E-state index >= 15 is 0 Å². The second-order valence-electron chi connectivity index (χ2n) is 14.7. The molecule has 4 heteroatoms. The quantitative estimate of drug-likeness (QED) is 0.173. The first-order valence-corrected chi connectivity index (χ1v) is 17.3. The molecule has 0 radical (unpaired) electrons. The number of hydrogen-bond donors (Lipinski definition) is 3. The Kier molecular flexibility index (Phi) is 11.6. The molecule has 0 unspecified atom stereocenters. The Morgan fingerprint density at radius 1 is 1.05 bits per heavy atom. The highest BCUT2D eigenvalue weighted by Gasteiger charge is 2.52. The van der Waals surface area contributed by atoms with Crippen molar-refractivity contribution in [3.8, 4) is 0 Å². The smallest absolute Gasteiger partial charge is 0.139 e. The van der Waals surface area contributed by atoms with Crippen molar-refractivity contribution in [1.82, 2.24) is 0 Å². The zero-order valence-corrected chi connectivity index (χ0v) is 26.5. The van der Waals surface area contributed by atoms with Gasteiger partial charge in [0.05, 0.1) is 18.3 Å². The summed E-state index contributed by atoms with van der Waals surface area (Å²) in [5, 5.41) is 31.7. The van der Waals surface area contributed by atoms with Crippen LogP contribution in [0.5, 0.6) is 0 Å². The van der Waals surface area contributed by atoms with Crippen molar-refractivity contribution in [2.45, 2.75) is 161 Å². The molecule has 3 N–H and O–H groups in total. The molecule has 0 bridgehead atoms. The number of Topliss-reactive ketones (excluding diaryl/α,β-unsaturated/α-hetero) is 1. The summed E-state index contributed by atoms with van der Waals surface area (Å²) in [7, 11) is 0. The first kappa shape index (κ1) is 32.7. The van der Waals surface area contributed by atoms with Gasteiger partial charge in [0.2, 0.25) is 0 Å². The van der Waals surface area contributed by atoms with Crippen molar-refractivity contribution in [2.75, 3.05) is 0 Å². The van der Waals surface area contributed by atoms with Crippen LogP contribution in [0.25, 0.3) is 0 Å². The molecule has 4 nitrogen and oxygen atoms in total. The van der Waals surface area contributed by atoms with Gasteiger partial charge in [0.15, 0.2) is 0 Å². The van der Waals surface area contributed by atoms with E-state index in [9.17, 15) is 20.1 Å². The van der Waals surface area contributed by atoms with Crippen LogP contribution >= 0.6 is 0 Å². The number of hydrogen-bond acceptors (Lipinski definition) is 4. The molecule has 0 aliphatic heterocycles. The highest BCUT2D eigenvalue weighted by molar-refractivity contribution is 5.87. The van der Waals surface area contributed by atoms with Crippen LogP contribution in [0.15, 0.2) is 35.5 Å². The number of allylic oxidation sites excluding steroid dienone is 3. The van der Waals surface area contributed by atoms with E-state index in [1.54, 1.807) is 0 Å². The highest BCUT2D eigenvalue weighted by atomic mass is 16.3. The van der Waals surface area contributed by atoms with Crippen LogP contribution in [0.1, 0.15) is 143 Å². The van der Waals surface area contributed by atoms with E-state index < -0.39 is 12.2 Å². The maximum Gasteiger partial charge on any atom is 0.139 e. The zero-order chi connectivity index (χ0) is 29.6. The van der Waals surface area contributed by atoms with E-state index in [0.29, 0.717) is 30.5 Å². The maximum absolute atomic E-state index is 13.0. The largest absolute Gasteiger partial charge is 0.393 e. The first-order chi connectivity index (χ1) is 19.6. The lowest BCUT2D eigenvalue weighted by Crippen LogP contribution is -2.39.